The molecule has 0 aromatic rings. The third kappa shape index (κ3) is 1.89. The van der Waals surface area contributed by atoms with Crippen LogP contribution in [0.3, 0.4) is 0 Å². The predicted octanol–water partition coefficient (Wildman–Crippen LogP) is -0.713. The molecule has 1 fully saturated rings. The average Bonchev–Trinajstić information content (AvgIpc) is 1.94. The summed E-state index contributed by atoms with van der Waals surface area (Å²) in [6, 6.07) is 0.513. The molecule has 0 spiro atoms. The van der Waals surface area contributed by atoms with Crippen LogP contribution in [0.2, 0.25) is 0 Å². The van der Waals surface area contributed by atoms with E-state index in [0.29, 0.717) is 12.5 Å². The molecule has 1 aliphatic rings. The summed E-state index contributed by atoms with van der Waals surface area (Å²) in [6.45, 7) is 5.15. The van der Waals surface area contributed by atoms with Crippen LogP contribution in [0, 0.1) is 0 Å². The van der Waals surface area contributed by atoms with Crippen LogP contribution in [0.4, 0.5) is 0 Å². The van der Waals surface area contributed by atoms with Crippen LogP contribution < -0.4 is 5.32 Å². The third-order valence-electron chi connectivity index (χ3n) is 1.95. The quantitative estimate of drug-likeness (QED) is 0.514. The Hall–Kier alpha value is -0.215. The van der Waals surface area contributed by atoms with Crippen molar-refractivity contribution < 1.29 is 4.70 Å². The Labute approximate surface area is 62.0 Å². The van der Waals surface area contributed by atoms with E-state index in [-0.39, 0.29) is 0 Å². The molecule has 1 N–H and O–H groups in total. The van der Waals surface area contributed by atoms with Crippen molar-refractivity contribution in [1.29, 1.82) is 0 Å². The van der Waals surface area contributed by atoms with Crippen LogP contribution in [-0.2, 0) is 4.70 Å². The fourth-order valence-corrected chi connectivity index (χ4v) is 1.25. The van der Waals surface area contributed by atoms with Gasteiger partial charge < -0.3 is 0 Å². The van der Waals surface area contributed by atoms with Crippen LogP contribution in [0.5, 0.6) is 0 Å². The van der Waals surface area contributed by atoms with E-state index in [0.717, 1.165) is 26.8 Å². The van der Waals surface area contributed by atoms with Crippen molar-refractivity contribution >= 4 is 7.15 Å². The number of nitrogens with zero attached hydrogens (tertiary/aromatic N) is 1. The summed E-state index contributed by atoms with van der Waals surface area (Å²) in [5, 5.41) is 3.27. The molecule has 4 heteroatoms. The topological polar surface area (TPSA) is 32.3 Å². The van der Waals surface area contributed by atoms with E-state index in [9.17, 15) is 4.70 Å². The van der Waals surface area contributed by atoms with Gasteiger partial charge in [-0.2, -0.15) is 0 Å². The fourth-order valence-electron chi connectivity index (χ4n) is 1.25. The van der Waals surface area contributed by atoms with Crippen molar-refractivity contribution in [2.75, 3.05) is 26.1 Å². The first-order chi connectivity index (χ1) is 4.84. The summed E-state index contributed by atoms with van der Waals surface area (Å²) in [4.78, 5) is 2.18. The van der Waals surface area contributed by atoms with Gasteiger partial charge in [-0.25, -0.2) is 0 Å². The number of piperazine rings is 1. The zero-order chi connectivity index (χ0) is 7.40. The molecule has 0 unspecified atom stereocenters. The van der Waals surface area contributed by atoms with Crippen molar-refractivity contribution in [1.82, 2.24) is 10.2 Å². The second-order valence-corrected chi connectivity index (χ2v) is 2.71. The van der Waals surface area contributed by atoms with Crippen molar-refractivity contribution in [3.63, 3.8) is 0 Å². The number of hydrogen-bond donors (Lipinski definition) is 1. The Balaban J connectivity index is 2.32. The molecule has 1 saturated heterocycles. The van der Waals surface area contributed by atoms with Crippen molar-refractivity contribution in [2.24, 2.45) is 0 Å². The Bertz CT molecular complexity index is 120. The van der Waals surface area contributed by atoms with Crippen molar-refractivity contribution in [2.45, 2.75) is 13.0 Å². The molecule has 0 saturated carbocycles. The molecule has 1 rings (SSSR count). The SMILES string of the molecule is C[C@H]1CNCCN1CB=O. The van der Waals surface area contributed by atoms with Gasteiger partial charge in [0.25, 0.3) is 0 Å². The van der Waals surface area contributed by atoms with Gasteiger partial charge >= 0.3 is 61.1 Å². The van der Waals surface area contributed by atoms with Gasteiger partial charge in [0.1, 0.15) is 0 Å². The van der Waals surface area contributed by atoms with Gasteiger partial charge in [0.15, 0.2) is 0 Å². The van der Waals surface area contributed by atoms with Crippen LogP contribution in [-0.4, -0.2) is 44.2 Å². The zero-order valence-electron chi connectivity index (χ0n) is 6.34. The minimum atomic E-state index is 0.513. The normalized spacial score (nSPS) is 27.9. The van der Waals surface area contributed by atoms with Crippen LogP contribution in [0.25, 0.3) is 0 Å². The first-order valence-corrected chi connectivity index (χ1v) is 3.73. The number of nitrogens with one attached hydrogen (secondary N) is 1. The molecule has 0 bridgehead atoms. The molecule has 3 nitrogen and oxygen atoms in total. The second-order valence-electron chi connectivity index (χ2n) is 2.71. The van der Waals surface area contributed by atoms with Crippen LogP contribution in [0.15, 0.2) is 0 Å². The summed E-state index contributed by atoms with van der Waals surface area (Å²) < 4.78 is 10.2. The summed E-state index contributed by atoms with van der Waals surface area (Å²) in [6.07, 6.45) is 0.586. The molecular weight excluding hydrogens is 127 g/mol. The van der Waals surface area contributed by atoms with Gasteiger partial charge in [0, 0.05) is 0 Å². The molecule has 0 aromatic heterocycles. The number of rotatable bonds is 2. The van der Waals surface area contributed by atoms with E-state index in [1.807, 2.05) is 0 Å². The van der Waals surface area contributed by atoms with E-state index in [1.165, 1.54) is 0 Å². The molecule has 1 heterocycles. The molecule has 0 aromatic carbocycles. The second kappa shape index (κ2) is 3.83. The zero-order valence-corrected chi connectivity index (χ0v) is 6.34. The van der Waals surface area contributed by atoms with Crippen molar-refractivity contribution in [3.05, 3.63) is 0 Å². The molecule has 1 atom stereocenters. The van der Waals surface area contributed by atoms with E-state index < -0.39 is 0 Å². The van der Waals surface area contributed by atoms with Crippen molar-refractivity contribution in [3.8, 4) is 0 Å². The summed E-state index contributed by atoms with van der Waals surface area (Å²) >= 11 is 0. The van der Waals surface area contributed by atoms with Gasteiger partial charge in [0.2, 0.25) is 0 Å². The maximum absolute atomic E-state index is 10.2. The van der Waals surface area contributed by atoms with Gasteiger partial charge in [-0.05, 0) is 0 Å². The molecular formula is C6H13BN2O. The van der Waals surface area contributed by atoms with Gasteiger partial charge in [-0.15, -0.1) is 0 Å². The van der Waals surface area contributed by atoms with Crippen LogP contribution in [0.1, 0.15) is 6.92 Å². The van der Waals surface area contributed by atoms with Gasteiger partial charge in [-0.3, -0.25) is 0 Å². The van der Waals surface area contributed by atoms with Crippen LogP contribution >= 0.6 is 0 Å². The van der Waals surface area contributed by atoms with Gasteiger partial charge in [-0.1, -0.05) is 0 Å². The minimum absolute atomic E-state index is 0.513. The fraction of sp³-hybridized carbons (Fsp3) is 1.00. The Morgan fingerprint density at radius 2 is 2.60 bits per heavy atom. The molecule has 1 aliphatic heterocycles. The van der Waals surface area contributed by atoms with E-state index in [4.69, 9.17) is 0 Å². The summed E-state index contributed by atoms with van der Waals surface area (Å²) in [7, 11) is 0.974. The first kappa shape index (κ1) is 7.89. The predicted molar refractivity (Wildman–Crippen MR) is 40.3 cm³/mol. The van der Waals surface area contributed by atoms with Gasteiger partial charge in [0.05, 0.1) is 0 Å². The monoisotopic (exact) mass is 140 g/mol. The standard InChI is InChI=1S/C6H13BN2O/c1-6-4-8-2-3-9(6)5-7-10/h6,8H,2-5H2,1H3/t6-/m0/s1. The van der Waals surface area contributed by atoms with E-state index in [1.54, 1.807) is 0 Å². The Morgan fingerprint density at radius 1 is 1.80 bits per heavy atom. The maximum atomic E-state index is 10.2. The Morgan fingerprint density at radius 3 is 3.20 bits per heavy atom. The summed E-state index contributed by atoms with van der Waals surface area (Å²) in [5.41, 5.74) is 0. The molecule has 0 radical (unpaired) electrons. The first-order valence-electron chi connectivity index (χ1n) is 3.73. The third-order valence-corrected chi connectivity index (χ3v) is 1.95. The average molecular weight is 140 g/mol. The molecule has 0 amide bonds. The van der Waals surface area contributed by atoms with E-state index >= 15 is 0 Å². The molecule has 0 aliphatic carbocycles. The molecule has 10 heavy (non-hydrogen) atoms. The number of hydrogen-bond acceptors (Lipinski definition) is 3. The molecule has 56 valence electrons. The summed E-state index contributed by atoms with van der Waals surface area (Å²) in [5.74, 6) is 0. The van der Waals surface area contributed by atoms with E-state index in [2.05, 4.69) is 17.1 Å². The Kier molecular flexibility index (Phi) is 3.02.